The fourth-order valence-electron chi connectivity index (χ4n) is 3.18. The number of nitrogens with zero attached hydrogens (tertiary/aromatic N) is 3. The summed E-state index contributed by atoms with van der Waals surface area (Å²) in [4.78, 5) is 18.7. The van der Waals surface area contributed by atoms with Crippen LogP contribution in [0.3, 0.4) is 0 Å². The van der Waals surface area contributed by atoms with Gasteiger partial charge in [-0.3, -0.25) is 4.79 Å². The average Bonchev–Trinajstić information content (AvgIpc) is 3.07. The molecule has 2 aromatic rings. The van der Waals surface area contributed by atoms with Crippen molar-refractivity contribution in [1.82, 2.24) is 14.5 Å². The highest BCUT2D eigenvalue weighted by atomic mass is 16.5. The second-order valence-electron chi connectivity index (χ2n) is 6.68. The molecule has 134 valence electrons. The molecule has 1 aliphatic heterocycles. The Labute approximate surface area is 148 Å². The number of likely N-dealkylation sites (tertiary alicyclic amines) is 1. The van der Waals surface area contributed by atoms with Crippen LogP contribution in [0.4, 0.5) is 0 Å². The standard InChI is InChI=1S/C19H25N3O3/c1-15-5-7-16(8-6-15)25-14-19(24-3)9-4-11-22(13-19)18(23)17-20-10-12-21(17)2/h5-8,10,12H,4,9,11,13-14H2,1-3H3/t19-/m1/s1. The van der Waals surface area contributed by atoms with Crippen molar-refractivity contribution in [2.24, 2.45) is 7.05 Å². The first-order valence-electron chi connectivity index (χ1n) is 8.54. The lowest BCUT2D eigenvalue weighted by Gasteiger charge is -2.41. The monoisotopic (exact) mass is 343 g/mol. The van der Waals surface area contributed by atoms with Crippen LogP contribution in [0.15, 0.2) is 36.7 Å². The summed E-state index contributed by atoms with van der Waals surface area (Å²) in [6.45, 7) is 3.67. The minimum atomic E-state index is -0.496. The van der Waals surface area contributed by atoms with Gasteiger partial charge in [0.1, 0.15) is 18.0 Å². The molecular weight excluding hydrogens is 318 g/mol. The first-order chi connectivity index (χ1) is 12.0. The highest BCUT2D eigenvalue weighted by Gasteiger charge is 2.39. The summed E-state index contributed by atoms with van der Waals surface area (Å²) < 4.78 is 13.5. The number of hydrogen-bond donors (Lipinski definition) is 0. The molecule has 2 heterocycles. The highest BCUT2D eigenvalue weighted by Crippen LogP contribution is 2.27. The zero-order valence-corrected chi connectivity index (χ0v) is 15.1. The molecule has 1 fully saturated rings. The summed E-state index contributed by atoms with van der Waals surface area (Å²) in [5, 5.41) is 0. The summed E-state index contributed by atoms with van der Waals surface area (Å²) in [7, 11) is 3.52. The molecule has 3 rings (SSSR count). The Bertz CT molecular complexity index is 726. The molecule has 1 atom stereocenters. The Morgan fingerprint density at radius 2 is 2.08 bits per heavy atom. The number of hydrogen-bond acceptors (Lipinski definition) is 4. The number of rotatable bonds is 5. The van der Waals surface area contributed by atoms with Crippen molar-refractivity contribution >= 4 is 5.91 Å². The van der Waals surface area contributed by atoms with Crippen LogP contribution in [0.2, 0.25) is 0 Å². The summed E-state index contributed by atoms with van der Waals surface area (Å²) >= 11 is 0. The number of benzene rings is 1. The van der Waals surface area contributed by atoms with E-state index in [1.165, 1.54) is 5.56 Å². The number of methoxy groups -OCH3 is 1. The maximum absolute atomic E-state index is 12.7. The molecule has 1 aromatic carbocycles. The Morgan fingerprint density at radius 1 is 1.32 bits per heavy atom. The Hall–Kier alpha value is -2.34. The third kappa shape index (κ3) is 3.85. The molecule has 0 radical (unpaired) electrons. The number of aryl methyl sites for hydroxylation is 2. The lowest BCUT2D eigenvalue weighted by molar-refractivity contribution is -0.0826. The van der Waals surface area contributed by atoms with Gasteiger partial charge < -0.3 is 18.9 Å². The van der Waals surface area contributed by atoms with Gasteiger partial charge in [-0.25, -0.2) is 4.98 Å². The number of piperidine rings is 1. The van der Waals surface area contributed by atoms with Gasteiger partial charge >= 0.3 is 0 Å². The zero-order valence-electron chi connectivity index (χ0n) is 15.1. The molecule has 25 heavy (non-hydrogen) atoms. The van der Waals surface area contributed by atoms with Gasteiger partial charge in [0.15, 0.2) is 5.82 Å². The van der Waals surface area contributed by atoms with Gasteiger partial charge in [0.05, 0.1) is 6.54 Å². The van der Waals surface area contributed by atoms with Crippen molar-refractivity contribution in [2.45, 2.75) is 25.4 Å². The molecule has 0 saturated carbocycles. The predicted octanol–water partition coefficient (Wildman–Crippen LogP) is 2.43. The number of carbonyl (C=O) groups is 1. The van der Waals surface area contributed by atoms with Gasteiger partial charge in [0.2, 0.25) is 0 Å². The van der Waals surface area contributed by atoms with Crippen LogP contribution in [0.25, 0.3) is 0 Å². The molecule has 0 unspecified atom stereocenters. The minimum absolute atomic E-state index is 0.0658. The van der Waals surface area contributed by atoms with Crippen LogP contribution >= 0.6 is 0 Å². The average molecular weight is 343 g/mol. The second kappa shape index (κ2) is 7.27. The van der Waals surface area contributed by atoms with Crippen molar-refractivity contribution in [1.29, 1.82) is 0 Å². The predicted molar refractivity (Wildman–Crippen MR) is 94.8 cm³/mol. The molecule has 6 heteroatoms. The fraction of sp³-hybridized carbons (Fsp3) is 0.474. The molecule has 0 spiro atoms. The van der Waals surface area contributed by atoms with E-state index in [0.29, 0.717) is 25.5 Å². The second-order valence-corrected chi connectivity index (χ2v) is 6.68. The molecule has 0 N–H and O–H groups in total. The first-order valence-corrected chi connectivity index (χ1v) is 8.54. The van der Waals surface area contributed by atoms with E-state index in [4.69, 9.17) is 9.47 Å². The van der Waals surface area contributed by atoms with Crippen LogP contribution in [-0.4, -0.2) is 52.8 Å². The van der Waals surface area contributed by atoms with Gasteiger partial charge in [-0.05, 0) is 31.9 Å². The number of amides is 1. The highest BCUT2D eigenvalue weighted by molar-refractivity contribution is 5.91. The smallest absolute Gasteiger partial charge is 0.289 e. The van der Waals surface area contributed by atoms with Crippen molar-refractivity contribution in [3.63, 3.8) is 0 Å². The number of aromatic nitrogens is 2. The summed E-state index contributed by atoms with van der Waals surface area (Å²) in [6.07, 6.45) is 5.16. The van der Waals surface area contributed by atoms with Gasteiger partial charge in [-0.2, -0.15) is 0 Å². The quantitative estimate of drug-likeness (QED) is 0.837. The molecule has 0 bridgehead atoms. The summed E-state index contributed by atoms with van der Waals surface area (Å²) in [5.41, 5.74) is 0.697. The van der Waals surface area contributed by atoms with Gasteiger partial charge in [0.25, 0.3) is 5.91 Å². The van der Waals surface area contributed by atoms with Gasteiger partial charge in [-0.15, -0.1) is 0 Å². The molecule has 0 aliphatic carbocycles. The van der Waals surface area contributed by atoms with Crippen molar-refractivity contribution in [3.05, 3.63) is 48.0 Å². The molecular formula is C19H25N3O3. The van der Waals surface area contributed by atoms with E-state index in [1.54, 1.807) is 24.1 Å². The zero-order chi connectivity index (χ0) is 17.9. The Morgan fingerprint density at radius 3 is 2.72 bits per heavy atom. The van der Waals surface area contributed by atoms with Crippen molar-refractivity contribution < 1.29 is 14.3 Å². The molecule has 1 saturated heterocycles. The number of imidazole rings is 1. The lowest BCUT2D eigenvalue weighted by atomic mass is 9.93. The normalized spacial score (nSPS) is 20.5. The SMILES string of the molecule is CO[C@]1(COc2ccc(C)cc2)CCCN(C(=O)c2nccn2C)C1. The maximum Gasteiger partial charge on any atom is 0.289 e. The van der Waals surface area contributed by atoms with E-state index in [-0.39, 0.29) is 5.91 Å². The van der Waals surface area contributed by atoms with Gasteiger partial charge in [0, 0.05) is 33.1 Å². The third-order valence-corrected chi connectivity index (χ3v) is 4.80. The van der Waals surface area contributed by atoms with Crippen LogP contribution in [0.1, 0.15) is 29.0 Å². The molecule has 1 amide bonds. The van der Waals surface area contributed by atoms with E-state index >= 15 is 0 Å². The number of carbonyl (C=O) groups excluding carboxylic acids is 1. The largest absolute Gasteiger partial charge is 0.491 e. The molecule has 1 aliphatic rings. The molecule has 6 nitrogen and oxygen atoms in total. The third-order valence-electron chi connectivity index (χ3n) is 4.80. The summed E-state index contributed by atoms with van der Waals surface area (Å²) in [6, 6.07) is 7.95. The van der Waals surface area contributed by atoms with Crippen LogP contribution in [0.5, 0.6) is 5.75 Å². The maximum atomic E-state index is 12.7. The van der Waals surface area contributed by atoms with E-state index in [2.05, 4.69) is 4.98 Å². The van der Waals surface area contributed by atoms with Crippen LogP contribution in [0, 0.1) is 6.92 Å². The fourth-order valence-corrected chi connectivity index (χ4v) is 3.18. The summed E-state index contributed by atoms with van der Waals surface area (Å²) in [5.74, 6) is 1.20. The lowest BCUT2D eigenvalue weighted by Crippen LogP contribution is -2.54. The van der Waals surface area contributed by atoms with Crippen molar-refractivity contribution in [2.75, 3.05) is 26.8 Å². The van der Waals surface area contributed by atoms with E-state index in [0.717, 1.165) is 18.6 Å². The molecule has 1 aromatic heterocycles. The van der Waals surface area contributed by atoms with Gasteiger partial charge in [-0.1, -0.05) is 17.7 Å². The minimum Gasteiger partial charge on any atom is -0.491 e. The van der Waals surface area contributed by atoms with E-state index < -0.39 is 5.60 Å². The van der Waals surface area contributed by atoms with Crippen LogP contribution < -0.4 is 4.74 Å². The topological polar surface area (TPSA) is 56.6 Å². The first kappa shape index (κ1) is 17.5. The van der Waals surface area contributed by atoms with E-state index in [1.807, 2.05) is 43.1 Å². The van der Waals surface area contributed by atoms with Crippen LogP contribution in [-0.2, 0) is 11.8 Å². The Kier molecular flexibility index (Phi) is 5.08. The van der Waals surface area contributed by atoms with E-state index in [9.17, 15) is 4.79 Å². The number of ether oxygens (including phenoxy) is 2. The Balaban J connectivity index is 1.69. The van der Waals surface area contributed by atoms with Crippen molar-refractivity contribution in [3.8, 4) is 5.75 Å².